The third-order valence-electron chi connectivity index (χ3n) is 4.62. The Labute approximate surface area is 140 Å². The van der Waals surface area contributed by atoms with E-state index in [4.69, 9.17) is 16.3 Å². The maximum absolute atomic E-state index is 14.5. The number of phenols is 1. The molecule has 2 aromatic carbocycles. The molecule has 4 heteroatoms. The Morgan fingerprint density at radius 3 is 2.65 bits per heavy atom. The van der Waals surface area contributed by atoms with E-state index in [0.717, 1.165) is 35.3 Å². The van der Waals surface area contributed by atoms with Gasteiger partial charge in [-0.3, -0.25) is 0 Å². The molecule has 0 aliphatic heterocycles. The third kappa shape index (κ3) is 2.78. The minimum atomic E-state index is -0.378. The van der Waals surface area contributed by atoms with E-state index in [2.05, 4.69) is 0 Å². The highest BCUT2D eigenvalue weighted by atomic mass is 35.5. The first-order valence-corrected chi connectivity index (χ1v) is 8.18. The minimum Gasteiger partial charge on any atom is -0.508 e. The van der Waals surface area contributed by atoms with Crippen LogP contribution in [-0.4, -0.2) is 12.2 Å². The second-order valence-electron chi connectivity index (χ2n) is 6.36. The van der Waals surface area contributed by atoms with E-state index in [9.17, 15) is 9.50 Å². The van der Waals surface area contributed by atoms with Crippen molar-refractivity contribution in [2.45, 2.75) is 38.5 Å². The topological polar surface area (TPSA) is 29.5 Å². The standard InChI is InChI=1S/C19H20ClFO2/c1-10(2)14-8-15(17(21)9-18(14)22)13-5-4-11-6-12(23-3)7-16(20)19(11)13/h6-10,13,22H,4-5H2,1-3H3/t13-/m0/s1. The van der Waals surface area contributed by atoms with Crippen molar-refractivity contribution in [3.63, 3.8) is 0 Å². The molecule has 0 fully saturated rings. The lowest BCUT2D eigenvalue weighted by Crippen LogP contribution is -2.03. The highest BCUT2D eigenvalue weighted by Crippen LogP contribution is 2.45. The molecule has 122 valence electrons. The second kappa shape index (κ2) is 6.04. The van der Waals surface area contributed by atoms with E-state index in [0.29, 0.717) is 10.6 Å². The molecule has 1 aliphatic carbocycles. The Morgan fingerprint density at radius 1 is 1.26 bits per heavy atom. The highest BCUT2D eigenvalue weighted by molar-refractivity contribution is 6.31. The normalized spacial score (nSPS) is 16.7. The largest absolute Gasteiger partial charge is 0.508 e. The van der Waals surface area contributed by atoms with Gasteiger partial charge in [-0.2, -0.15) is 0 Å². The van der Waals surface area contributed by atoms with Crippen LogP contribution in [0, 0.1) is 5.82 Å². The van der Waals surface area contributed by atoms with Crippen molar-refractivity contribution in [1.82, 2.24) is 0 Å². The molecule has 23 heavy (non-hydrogen) atoms. The number of rotatable bonds is 3. The summed E-state index contributed by atoms with van der Waals surface area (Å²) in [5.74, 6) is 0.406. The predicted molar refractivity (Wildman–Crippen MR) is 90.3 cm³/mol. The molecule has 1 aliphatic rings. The van der Waals surface area contributed by atoms with Crippen molar-refractivity contribution in [2.75, 3.05) is 7.11 Å². The van der Waals surface area contributed by atoms with Crippen LogP contribution in [0.4, 0.5) is 4.39 Å². The number of fused-ring (bicyclic) bond motifs is 1. The summed E-state index contributed by atoms with van der Waals surface area (Å²) in [5.41, 5.74) is 3.46. The van der Waals surface area contributed by atoms with Crippen LogP contribution in [0.15, 0.2) is 24.3 Å². The van der Waals surface area contributed by atoms with Crippen molar-refractivity contribution in [2.24, 2.45) is 0 Å². The van der Waals surface area contributed by atoms with Gasteiger partial charge in [-0.15, -0.1) is 0 Å². The number of hydrogen-bond acceptors (Lipinski definition) is 2. The summed E-state index contributed by atoms with van der Waals surface area (Å²) >= 11 is 6.43. The van der Waals surface area contributed by atoms with Crippen molar-refractivity contribution < 1.29 is 14.2 Å². The van der Waals surface area contributed by atoms with Gasteiger partial charge in [0.15, 0.2) is 0 Å². The monoisotopic (exact) mass is 334 g/mol. The minimum absolute atomic E-state index is 0.0142. The Hall–Kier alpha value is -1.74. The first-order chi connectivity index (χ1) is 10.9. The van der Waals surface area contributed by atoms with Gasteiger partial charge < -0.3 is 9.84 Å². The molecular formula is C19H20ClFO2. The van der Waals surface area contributed by atoms with E-state index < -0.39 is 0 Å². The molecule has 0 heterocycles. The number of aryl methyl sites for hydroxylation is 1. The van der Waals surface area contributed by atoms with Gasteiger partial charge >= 0.3 is 0 Å². The van der Waals surface area contributed by atoms with Crippen LogP contribution in [0.2, 0.25) is 5.02 Å². The maximum Gasteiger partial charge on any atom is 0.130 e. The summed E-state index contributed by atoms with van der Waals surface area (Å²) in [4.78, 5) is 0. The zero-order valence-electron chi connectivity index (χ0n) is 13.5. The molecule has 0 bridgehead atoms. The van der Waals surface area contributed by atoms with Crippen LogP contribution in [0.3, 0.4) is 0 Å². The number of phenolic OH excluding ortho intramolecular Hbond substituents is 1. The van der Waals surface area contributed by atoms with Crippen LogP contribution in [0.1, 0.15) is 54.4 Å². The fraction of sp³-hybridized carbons (Fsp3) is 0.368. The average molecular weight is 335 g/mol. The molecule has 2 nitrogen and oxygen atoms in total. The average Bonchev–Trinajstić information content (AvgIpc) is 2.91. The Morgan fingerprint density at radius 2 is 2.00 bits per heavy atom. The molecular weight excluding hydrogens is 315 g/mol. The van der Waals surface area contributed by atoms with E-state index in [1.807, 2.05) is 19.9 Å². The van der Waals surface area contributed by atoms with Crippen molar-refractivity contribution in [3.05, 3.63) is 57.4 Å². The highest BCUT2D eigenvalue weighted by Gasteiger charge is 2.30. The molecule has 0 amide bonds. The van der Waals surface area contributed by atoms with Gasteiger partial charge in [0, 0.05) is 17.0 Å². The van der Waals surface area contributed by atoms with Crippen LogP contribution in [0.25, 0.3) is 0 Å². The summed E-state index contributed by atoms with van der Waals surface area (Å²) in [6.45, 7) is 3.97. The number of benzene rings is 2. The Balaban J connectivity index is 2.12. The maximum atomic E-state index is 14.5. The first-order valence-electron chi connectivity index (χ1n) is 7.81. The van der Waals surface area contributed by atoms with Crippen LogP contribution >= 0.6 is 11.6 Å². The lowest BCUT2D eigenvalue weighted by atomic mass is 9.89. The molecule has 2 aromatic rings. The molecule has 1 N–H and O–H groups in total. The van der Waals surface area contributed by atoms with Gasteiger partial charge in [0.05, 0.1) is 7.11 Å². The molecule has 0 radical (unpaired) electrons. The molecule has 0 saturated heterocycles. The van der Waals surface area contributed by atoms with Gasteiger partial charge in [0.1, 0.15) is 17.3 Å². The zero-order chi connectivity index (χ0) is 16.7. The number of ether oxygens (including phenoxy) is 1. The first kappa shape index (κ1) is 16.1. The summed E-state index contributed by atoms with van der Waals surface area (Å²) < 4.78 is 19.7. The quantitative estimate of drug-likeness (QED) is 0.814. The summed E-state index contributed by atoms with van der Waals surface area (Å²) in [6, 6.07) is 6.76. The van der Waals surface area contributed by atoms with Gasteiger partial charge in [0.2, 0.25) is 0 Å². The number of halogens is 2. The smallest absolute Gasteiger partial charge is 0.130 e. The van der Waals surface area contributed by atoms with E-state index in [-0.39, 0.29) is 23.4 Å². The van der Waals surface area contributed by atoms with Gasteiger partial charge in [-0.1, -0.05) is 25.4 Å². The van der Waals surface area contributed by atoms with E-state index >= 15 is 0 Å². The van der Waals surface area contributed by atoms with E-state index in [1.54, 1.807) is 19.2 Å². The van der Waals surface area contributed by atoms with Crippen LogP contribution in [-0.2, 0) is 6.42 Å². The van der Waals surface area contributed by atoms with Gasteiger partial charge in [-0.25, -0.2) is 4.39 Å². The summed E-state index contributed by atoms with van der Waals surface area (Å²) in [6.07, 6.45) is 1.65. The Kier molecular flexibility index (Phi) is 4.24. The van der Waals surface area contributed by atoms with Crippen LogP contribution in [0.5, 0.6) is 11.5 Å². The number of hydrogen-bond donors (Lipinski definition) is 1. The summed E-state index contributed by atoms with van der Waals surface area (Å²) in [7, 11) is 1.61. The van der Waals surface area contributed by atoms with Crippen molar-refractivity contribution in [1.29, 1.82) is 0 Å². The second-order valence-corrected chi connectivity index (χ2v) is 6.77. The van der Waals surface area contributed by atoms with Gasteiger partial charge in [-0.05, 0) is 59.2 Å². The van der Waals surface area contributed by atoms with Crippen LogP contribution < -0.4 is 4.74 Å². The molecule has 0 aromatic heterocycles. The molecule has 1 atom stereocenters. The lowest BCUT2D eigenvalue weighted by molar-refractivity contribution is 0.414. The predicted octanol–water partition coefficient (Wildman–Crippen LogP) is 5.39. The third-order valence-corrected chi connectivity index (χ3v) is 4.93. The number of aromatic hydroxyl groups is 1. The number of methoxy groups -OCH3 is 1. The summed E-state index contributed by atoms with van der Waals surface area (Å²) in [5, 5.41) is 10.6. The molecule has 0 spiro atoms. The van der Waals surface area contributed by atoms with Crippen molar-refractivity contribution >= 4 is 11.6 Å². The van der Waals surface area contributed by atoms with Crippen molar-refractivity contribution in [3.8, 4) is 11.5 Å². The SMILES string of the molecule is COc1cc(Cl)c2c(c1)CC[C@H]2c1cc(C(C)C)c(O)cc1F. The molecule has 3 rings (SSSR count). The van der Waals surface area contributed by atoms with E-state index in [1.165, 1.54) is 6.07 Å². The van der Waals surface area contributed by atoms with Gasteiger partial charge in [0.25, 0.3) is 0 Å². The lowest BCUT2D eigenvalue weighted by Gasteiger charge is -2.18. The Bertz CT molecular complexity index is 756. The fourth-order valence-electron chi connectivity index (χ4n) is 3.44. The fourth-order valence-corrected chi connectivity index (χ4v) is 3.80. The molecule has 0 unspecified atom stereocenters. The zero-order valence-corrected chi connectivity index (χ0v) is 14.2. The molecule has 0 saturated carbocycles.